The van der Waals surface area contributed by atoms with Crippen molar-refractivity contribution in [2.24, 2.45) is 0 Å². The Morgan fingerprint density at radius 2 is 0.864 bits per heavy atom. The number of hydrogen-bond donors (Lipinski definition) is 0. The number of aromatic nitrogens is 2. The molecule has 3 aromatic heterocycles. The highest BCUT2D eigenvalue weighted by Gasteiger charge is 2.21. The van der Waals surface area contributed by atoms with Crippen LogP contribution in [0.4, 0.5) is 0 Å². The molecule has 12 aromatic rings. The van der Waals surface area contributed by atoms with Crippen LogP contribution in [-0.2, 0) is 0 Å². The summed E-state index contributed by atoms with van der Waals surface area (Å²) in [7, 11) is 0. The van der Waals surface area contributed by atoms with Crippen molar-refractivity contribution in [2.75, 3.05) is 0 Å². The second kappa shape index (κ2) is 13.0. The SMILES string of the molecule is C=Cc1cccc(-c2ccc(-n3c4ccccc4c4c5sc6c(ccc7c6c6ccccc6n7-c6ccc(-c7cccc8ccccc78)cc6)c5ccc43)cc2)c1C=C. The van der Waals surface area contributed by atoms with Crippen LogP contribution in [0.5, 0.6) is 0 Å². The monoisotopic (exact) mass is 768 g/mol. The fourth-order valence-electron chi connectivity index (χ4n) is 9.65. The van der Waals surface area contributed by atoms with Crippen molar-refractivity contribution in [1.82, 2.24) is 9.13 Å². The minimum Gasteiger partial charge on any atom is -0.309 e. The van der Waals surface area contributed by atoms with Gasteiger partial charge in [-0.1, -0.05) is 159 Å². The van der Waals surface area contributed by atoms with Crippen LogP contribution < -0.4 is 0 Å². The van der Waals surface area contributed by atoms with E-state index in [2.05, 4.69) is 204 Å². The van der Waals surface area contributed by atoms with Crippen LogP contribution in [0.15, 0.2) is 195 Å². The third kappa shape index (κ3) is 4.92. The Labute approximate surface area is 345 Å². The molecule has 0 aliphatic rings. The lowest BCUT2D eigenvalue weighted by Gasteiger charge is -2.12. The van der Waals surface area contributed by atoms with Gasteiger partial charge < -0.3 is 9.13 Å². The first kappa shape index (κ1) is 33.7. The first-order valence-corrected chi connectivity index (χ1v) is 20.9. The Morgan fingerprint density at radius 3 is 1.44 bits per heavy atom. The maximum absolute atomic E-state index is 4.11. The number of benzene rings is 9. The van der Waals surface area contributed by atoms with E-state index in [1.165, 1.54) is 85.7 Å². The summed E-state index contributed by atoms with van der Waals surface area (Å²) < 4.78 is 7.52. The quantitative estimate of drug-likeness (QED) is 0.159. The van der Waals surface area contributed by atoms with Gasteiger partial charge in [-0.25, -0.2) is 0 Å². The molecule has 276 valence electrons. The minimum atomic E-state index is 1.09. The lowest BCUT2D eigenvalue weighted by atomic mass is 9.95. The number of para-hydroxylation sites is 2. The highest BCUT2D eigenvalue weighted by Crippen LogP contribution is 2.47. The average molecular weight is 769 g/mol. The molecule has 2 nitrogen and oxygen atoms in total. The highest BCUT2D eigenvalue weighted by atomic mass is 32.1. The summed E-state index contributed by atoms with van der Waals surface area (Å²) >= 11 is 1.93. The summed E-state index contributed by atoms with van der Waals surface area (Å²) in [6.45, 7) is 8.13. The maximum atomic E-state index is 4.11. The third-order valence-corrected chi connectivity index (χ3v) is 13.6. The molecule has 0 saturated heterocycles. The number of hydrogen-bond acceptors (Lipinski definition) is 1. The highest BCUT2D eigenvalue weighted by molar-refractivity contribution is 7.27. The average Bonchev–Trinajstić information content (AvgIpc) is 3.96. The molecule has 9 aromatic carbocycles. The normalized spacial score (nSPS) is 11.9. The molecular weight excluding hydrogens is 733 g/mol. The van der Waals surface area contributed by atoms with E-state index >= 15 is 0 Å². The number of rotatable bonds is 6. The van der Waals surface area contributed by atoms with E-state index in [0.717, 1.165) is 33.6 Å². The second-order valence-corrected chi connectivity index (χ2v) is 16.3. The lowest BCUT2D eigenvalue weighted by Crippen LogP contribution is -1.94. The summed E-state index contributed by atoms with van der Waals surface area (Å²) in [6.07, 6.45) is 3.83. The molecule has 0 saturated carbocycles. The van der Waals surface area contributed by atoms with Gasteiger partial charge in [0, 0.05) is 53.1 Å². The Kier molecular flexibility index (Phi) is 7.44. The molecular formula is C56H36N2S. The van der Waals surface area contributed by atoms with Crippen LogP contribution in [0.25, 0.3) is 120 Å². The predicted molar refractivity (Wildman–Crippen MR) is 257 cm³/mol. The van der Waals surface area contributed by atoms with Gasteiger partial charge in [-0.05, 0) is 92.7 Å². The zero-order valence-corrected chi connectivity index (χ0v) is 33.0. The topological polar surface area (TPSA) is 9.86 Å². The fraction of sp³-hybridized carbons (Fsp3) is 0. The minimum absolute atomic E-state index is 1.09. The number of nitrogens with zero attached hydrogens (tertiary/aromatic N) is 2. The molecule has 0 N–H and O–H groups in total. The molecule has 3 heterocycles. The molecule has 0 amide bonds. The third-order valence-electron chi connectivity index (χ3n) is 12.3. The standard InChI is InChI=1S/C56H36N2S/c1-3-35-14-11-19-42(41(35)4-2)37-23-27-39(28-24-37)57-49-21-9-7-17-47(49)53-51(57)33-31-45-46-32-34-52-54(56(46)59-55(45)53)48-18-8-10-22-50(48)58(52)40-29-25-38(26-30-40)44-20-12-15-36-13-5-6-16-43(36)44/h3-34H,1-2H2. The van der Waals surface area contributed by atoms with Crippen LogP contribution in [0, 0.1) is 0 Å². The first-order chi connectivity index (χ1) is 29.2. The zero-order valence-electron chi connectivity index (χ0n) is 32.2. The van der Waals surface area contributed by atoms with E-state index in [9.17, 15) is 0 Å². The van der Waals surface area contributed by atoms with Crippen molar-refractivity contribution in [3.05, 3.63) is 206 Å². The smallest absolute Gasteiger partial charge is 0.0555 e. The molecule has 0 bridgehead atoms. The largest absolute Gasteiger partial charge is 0.309 e. The van der Waals surface area contributed by atoms with Gasteiger partial charge in [0.2, 0.25) is 0 Å². The molecule has 0 spiro atoms. The van der Waals surface area contributed by atoms with E-state index in [-0.39, 0.29) is 0 Å². The van der Waals surface area contributed by atoms with Crippen molar-refractivity contribution in [2.45, 2.75) is 0 Å². The molecule has 0 unspecified atom stereocenters. The molecule has 12 rings (SSSR count). The summed E-state index contributed by atoms with van der Waals surface area (Å²) in [5, 5.41) is 10.3. The summed E-state index contributed by atoms with van der Waals surface area (Å²) in [5.41, 5.74) is 14.1. The molecule has 59 heavy (non-hydrogen) atoms. The van der Waals surface area contributed by atoms with Gasteiger partial charge in [-0.15, -0.1) is 11.3 Å². The van der Waals surface area contributed by atoms with E-state index < -0.39 is 0 Å². The Hall–Kier alpha value is -7.46. The zero-order chi connectivity index (χ0) is 39.2. The maximum Gasteiger partial charge on any atom is 0.0555 e. The van der Waals surface area contributed by atoms with Crippen LogP contribution >= 0.6 is 11.3 Å². The summed E-state index contributed by atoms with van der Waals surface area (Å²) in [4.78, 5) is 0. The fourth-order valence-corrected chi connectivity index (χ4v) is 11.1. The van der Waals surface area contributed by atoms with E-state index in [1.807, 2.05) is 23.5 Å². The molecule has 0 aliphatic heterocycles. The van der Waals surface area contributed by atoms with Crippen LogP contribution in [0.3, 0.4) is 0 Å². The molecule has 0 aliphatic carbocycles. The number of fused-ring (bicyclic) bond motifs is 12. The van der Waals surface area contributed by atoms with Crippen molar-refractivity contribution in [3.63, 3.8) is 0 Å². The van der Waals surface area contributed by atoms with Gasteiger partial charge in [-0.2, -0.15) is 0 Å². The van der Waals surface area contributed by atoms with Gasteiger partial charge in [0.25, 0.3) is 0 Å². The van der Waals surface area contributed by atoms with E-state index in [1.54, 1.807) is 0 Å². The molecule has 0 fully saturated rings. The van der Waals surface area contributed by atoms with E-state index in [4.69, 9.17) is 0 Å². The Morgan fingerprint density at radius 1 is 0.373 bits per heavy atom. The van der Waals surface area contributed by atoms with Gasteiger partial charge in [0.1, 0.15) is 0 Å². The van der Waals surface area contributed by atoms with Gasteiger partial charge in [-0.3, -0.25) is 0 Å². The summed E-state index contributed by atoms with van der Waals surface area (Å²) in [5.74, 6) is 0. The lowest BCUT2D eigenvalue weighted by molar-refractivity contribution is 1.18. The van der Waals surface area contributed by atoms with Crippen LogP contribution in [0.1, 0.15) is 11.1 Å². The molecule has 0 atom stereocenters. The molecule has 3 heteroatoms. The van der Waals surface area contributed by atoms with Crippen LogP contribution in [0.2, 0.25) is 0 Å². The van der Waals surface area contributed by atoms with Crippen LogP contribution in [-0.4, -0.2) is 9.13 Å². The summed E-state index contributed by atoms with van der Waals surface area (Å²) in [6, 6.07) is 66.7. The Balaban J connectivity index is 1.04. The van der Waals surface area contributed by atoms with E-state index in [0.29, 0.717) is 0 Å². The van der Waals surface area contributed by atoms with Gasteiger partial charge >= 0.3 is 0 Å². The number of thiophene rings is 1. The Bertz CT molecular complexity index is 3680. The van der Waals surface area contributed by atoms with Crippen molar-refractivity contribution < 1.29 is 0 Å². The van der Waals surface area contributed by atoms with Crippen molar-refractivity contribution >= 4 is 98.0 Å². The second-order valence-electron chi connectivity index (χ2n) is 15.3. The van der Waals surface area contributed by atoms with Gasteiger partial charge in [0.05, 0.1) is 22.1 Å². The van der Waals surface area contributed by atoms with Crippen molar-refractivity contribution in [1.29, 1.82) is 0 Å². The van der Waals surface area contributed by atoms with Crippen molar-refractivity contribution in [3.8, 4) is 33.6 Å². The molecule has 0 radical (unpaired) electrons. The first-order valence-electron chi connectivity index (χ1n) is 20.1. The van der Waals surface area contributed by atoms with Gasteiger partial charge in [0.15, 0.2) is 0 Å². The predicted octanol–water partition coefficient (Wildman–Crippen LogP) is 16.0.